The highest BCUT2D eigenvalue weighted by molar-refractivity contribution is 5.90. The summed E-state index contributed by atoms with van der Waals surface area (Å²) in [4.78, 5) is 48.0. The van der Waals surface area contributed by atoms with Crippen LogP contribution in [0.1, 0.15) is 34.6 Å². The Balaban J connectivity index is 1.25. The van der Waals surface area contributed by atoms with E-state index in [9.17, 15) is 19.2 Å². The molecule has 0 amide bonds. The van der Waals surface area contributed by atoms with E-state index in [0.29, 0.717) is 11.5 Å². The fourth-order valence-electron chi connectivity index (χ4n) is 4.24. The number of rotatable bonds is 12. The first-order valence-corrected chi connectivity index (χ1v) is 13.0. The molecule has 2 fully saturated rings. The quantitative estimate of drug-likeness (QED) is 0.157. The minimum atomic E-state index is -0.847. The summed E-state index contributed by atoms with van der Waals surface area (Å²) in [5.74, 6) is -1.66. The van der Waals surface area contributed by atoms with Crippen LogP contribution in [-0.4, -0.2) is 74.1 Å². The van der Waals surface area contributed by atoms with Gasteiger partial charge in [-0.2, -0.15) is 0 Å². The van der Waals surface area contributed by atoms with E-state index in [1.807, 2.05) is 0 Å². The number of esters is 4. The van der Waals surface area contributed by atoms with Crippen molar-refractivity contribution in [2.75, 3.05) is 13.2 Å². The van der Waals surface area contributed by atoms with Crippen LogP contribution in [0.2, 0.25) is 0 Å². The molecule has 6 atom stereocenters. The highest BCUT2D eigenvalue weighted by Crippen LogP contribution is 2.32. The van der Waals surface area contributed by atoms with Crippen molar-refractivity contribution in [2.45, 2.75) is 50.8 Å². The molecular formula is C30H30O12. The normalized spacial score (nSPS) is 22.0. The number of carbonyl (C=O) groups is 4. The van der Waals surface area contributed by atoms with Crippen LogP contribution in [0.25, 0.3) is 0 Å². The first-order valence-electron chi connectivity index (χ1n) is 13.0. The third-order valence-electron chi connectivity index (χ3n) is 6.16. The van der Waals surface area contributed by atoms with Gasteiger partial charge in [0.1, 0.15) is 23.7 Å². The second kappa shape index (κ2) is 13.8. The van der Waals surface area contributed by atoms with Gasteiger partial charge in [0.05, 0.1) is 24.3 Å². The minimum Gasteiger partial charge on any atom is -0.455 e. The molecule has 0 radical (unpaired) electrons. The van der Waals surface area contributed by atoms with Crippen LogP contribution in [0.4, 0.5) is 0 Å². The van der Waals surface area contributed by atoms with Gasteiger partial charge in [0, 0.05) is 26.0 Å². The molecule has 4 rings (SSSR count). The lowest BCUT2D eigenvalue weighted by atomic mass is 10.1. The molecule has 0 spiro atoms. The van der Waals surface area contributed by atoms with Gasteiger partial charge in [-0.05, 0) is 48.5 Å². The zero-order chi connectivity index (χ0) is 30.2. The summed E-state index contributed by atoms with van der Waals surface area (Å²) in [6, 6.07) is 12.2. The summed E-state index contributed by atoms with van der Waals surface area (Å²) < 4.78 is 43.6. The summed E-state index contributed by atoms with van der Waals surface area (Å²) in [6.07, 6.45) is -2.25. The van der Waals surface area contributed by atoms with Gasteiger partial charge in [0.2, 0.25) is 12.6 Å². The van der Waals surface area contributed by atoms with E-state index in [-0.39, 0.29) is 24.3 Å². The molecule has 2 heterocycles. The molecule has 2 aromatic rings. The van der Waals surface area contributed by atoms with Crippen LogP contribution in [-0.2, 0) is 38.0 Å². The van der Waals surface area contributed by atoms with Gasteiger partial charge in [-0.3, -0.25) is 0 Å². The lowest BCUT2D eigenvalue weighted by Crippen LogP contribution is -2.36. The zero-order valence-electron chi connectivity index (χ0n) is 23.0. The lowest BCUT2D eigenvalue weighted by molar-refractivity contribution is -0.156. The van der Waals surface area contributed by atoms with Gasteiger partial charge in [-0.1, -0.05) is 13.2 Å². The molecule has 12 heteroatoms. The second-order valence-corrected chi connectivity index (χ2v) is 9.19. The van der Waals surface area contributed by atoms with Crippen molar-refractivity contribution in [3.8, 4) is 11.5 Å². The highest BCUT2D eigenvalue weighted by Gasteiger charge is 2.51. The average Bonchev–Trinajstić information content (AvgIpc) is 3.56. The van der Waals surface area contributed by atoms with E-state index >= 15 is 0 Å². The summed E-state index contributed by atoms with van der Waals surface area (Å²) in [5.41, 5.74) is 0.534. The smallest absolute Gasteiger partial charge is 0.338 e. The van der Waals surface area contributed by atoms with Crippen LogP contribution >= 0.6 is 0 Å². The predicted molar refractivity (Wildman–Crippen MR) is 144 cm³/mol. The Labute approximate surface area is 241 Å². The van der Waals surface area contributed by atoms with Crippen molar-refractivity contribution < 1.29 is 57.1 Å². The van der Waals surface area contributed by atoms with Gasteiger partial charge in [-0.15, -0.1) is 0 Å². The monoisotopic (exact) mass is 582 g/mol. The molecule has 12 nitrogen and oxygen atoms in total. The maximum absolute atomic E-state index is 12.7. The van der Waals surface area contributed by atoms with E-state index < -0.39 is 60.9 Å². The largest absolute Gasteiger partial charge is 0.455 e. The molecule has 2 aromatic carbocycles. The fraction of sp³-hybridized carbons (Fsp3) is 0.333. The van der Waals surface area contributed by atoms with Crippen molar-refractivity contribution in [2.24, 2.45) is 0 Å². The molecule has 42 heavy (non-hydrogen) atoms. The molecule has 222 valence electrons. The average molecular weight is 583 g/mol. The Bertz CT molecular complexity index is 1200. The van der Waals surface area contributed by atoms with Crippen LogP contribution in [0.5, 0.6) is 11.5 Å². The number of carbonyl (C=O) groups excluding carboxylic acids is 4. The topological polar surface area (TPSA) is 142 Å². The fourth-order valence-corrected chi connectivity index (χ4v) is 4.24. The first-order chi connectivity index (χ1) is 20.2. The van der Waals surface area contributed by atoms with E-state index in [1.165, 1.54) is 24.3 Å². The summed E-state index contributed by atoms with van der Waals surface area (Å²) in [6.45, 7) is 9.89. The van der Waals surface area contributed by atoms with Gasteiger partial charge in [0.25, 0.3) is 0 Å². The number of hydrogen-bond donors (Lipinski definition) is 0. The molecule has 2 saturated heterocycles. The Morgan fingerprint density at radius 3 is 1.38 bits per heavy atom. The molecule has 0 bridgehead atoms. The molecule has 4 unspecified atom stereocenters. The van der Waals surface area contributed by atoms with Crippen molar-refractivity contribution in [3.63, 3.8) is 0 Å². The van der Waals surface area contributed by atoms with Crippen LogP contribution in [0, 0.1) is 0 Å². The van der Waals surface area contributed by atoms with Gasteiger partial charge in [0.15, 0.2) is 12.2 Å². The molecule has 0 N–H and O–H groups in total. The summed E-state index contributed by atoms with van der Waals surface area (Å²) in [5, 5.41) is 0. The molecule has 0 aliphatic carbocycles. The first kappa shape index (κ1) is 30.3. The van der Waals surface area contributed by atoms with Gasteiger partial charge < -0.3 is 37.9 Å². The third-order valence-corrected chi connectivity index (χ3v) is 6.16. The van der Waals surface area contributed by atoms with E-state index in [0.717, 1.165) is 12.2 Å². The standard InChI is InChI=1S/C30H30O12/c1-5-25(31)39-17(3)37-21-11-7-19(8-12-21)29(33)41-23-15-35-28-24(16-36-27(23)28)42-30(34)20-9-13-22(14-10-20)38-18(4)40-26(32)6-2/h5-14,17-18,23-24,27-28H,1-2,15-16H2,3-4H3/t17?,18?,23-,24-,27?,28?/m0/s1. The van der Waals surface area contributed by atoms with Crippen molar-refractivity contribution in [1.29, 1.82) is 0 Å². The minimum absolute atomic E-state index is 0.0726. The Kier molecular flexibility index (Phi) is 9.94. The predicted octanol–water partition coefficient (Wildman–Crippen LogP) is 3.14. The number of benzene rings is 2. The van der Waals surface area contributed by atoms with Gasteiger partial charge >= 0.3 is 23.9 Å². The summed E-state index contributed by atoms with van der Waals surface area (Å²) in [7, 11) is 0. The molecule has 0 aromatic heterocycles. The van der Waals surface area contributed by atoms with Crippen molar-refractivity contribution >= 4 is 23.9 Å². The van der Waals surface area contributed by atoms with Crippen LogP contribution in [0.3, 0.4) is 0 Å². The molecular weight excluding hydrogens is 552 g/mol. The zero-order valence-corrected chi connectivity index (χ0v) is 23.0. The molecule has 2 aliphatic rings. The Morgan fingerprint density at radius 1 is 0.690 bits per heavy atom. The van der Waals surface area contributed by atoms with Gasteiger partial charge in [-0.25, -0.2) is 19.2 Å². The number of ether oxygens (including phenoxy) is 8. The third kappa shape index (κ3) is 7.74. The maximum atomic E-state index is 12.7. The van der Waals surface area contributed by atoms with Crippen LogP contribution in [0.15, 0.2) is 73.8 Å². The molecule has 0 saturated carbocycles. The Hall–Kier alpha value is -4.68. The number of hydrogen-bond acceptors (Lipinski definition) is 12. The Morgan fingerprint density at radius 2 is 1.05 bits per heavy atom. The summed E-state index contributed by atoms with van der Waals surface area (Å²) >= 11 is 0. The lowest BCUT2D eigenvalue weighted by Gasteiger charge is -2.18. The molecule has 2 aliphatic heterocycles. The number of fused-ring (bicyclic) bond motifs is 1. The van der Waals surface area contributed by atoms with E-state index in [2.05, 4.69) is 13.2 Å². The SMILES string of the molecule is C=CC(=O)OC(C)Oc1ccc(C(=O)O[C@H]2COC3C2OC[C@@H]3OC(=O)c2ccc(OC(C)OC(=O)C=C)cc2)cc1. The van der Waals surface area contributed by atoms with Crippen molar-refractivity contribution in [3.05, 3.63) is 85.0 Å². The van der Waals surface area contributed by atoms with Crippen LogP contribution < -0.4 is 9.47 Å². The maximum Gasteiger partial charge on any atom is 0.338 e. The van der Waals surface area contributed by atoms with E-state index in [1.54, 1.807) is 38.1 Å². The van der Waals surface area contributed by atoms with E-state index in [4.69, 9.17) is 37.9 Å². The highest BCUT2D eigenvalue weighted by atomic mass is 16.7. The second-order valence-electron chi connectivity index (χ2n) is 9.19. The van der Waals surface area contributed by atoms with Crippen molar-refractivity contribution in [1.82, 2.24) is 0 Å².